The Labute approximate surface area is 120 Å². The van der Waals surface area contributed by atoms with E-state index in [1.54, 1.807) is 12.1 Å². The molecule has 0 saturated carbocycles. The van der Waals surface area contributed by atoms with E-state index in [1.807, 2.05) is 6.07 Å². The molecule has 0 atom stereocenters. The van der Waals surface area contributed by atoms with E-state index in [4.69, 9.17) is 11.6 Å². The summed E-state index contributed by atoms with van der Waals surface area (Å²) in [4.78, 5) is 15.6. The van der Waals surface area contributed by atoms with Crippen LogP contribution in [0.25, 0.3) is 0 Å². The summed E-state index contributed by atoms with van der Waals surface area (Å²) >= 11 is 6.04. The fourth-order valence-electron chi connectivity index (χ4n) is 2.76. The highest BCUT2D eigenvalue weighted by molar-refractivity contribution is 6.31. The first kappa shape index (κ1) is 14.4. The standard InChI is InChI=1S/C15H21ClN2O/c1-17(2)10-12-5-7-18(8-6-12)15-9-14(16)4-3-13(15)11-19/h3-4,9,11-12H,5-8,10H2,1-2H3. The first-order valence-corrected chi connectivity index (χ1v) is 7.12. The Balaban J connectivity index is 2.05. The molecular weight excluding hydrogens is 260 g/mol. The van der Waals surface area contributed by atoms with Crippen LogP contribution >= 0.6 is 11.6 Å². The molecule has 1 saturated heterocycles. The molecule has 3 nitrogen and oxygen atoms in total. The summed E-state index contributed by atoms with van der Waals surface area (Å²) in [5.74, 6) is 0.755. The molecule has 1 aliphatic rings. The molecule has 2 rings (SSSR count). The maximum Gasteiger partial charge on any atom is 0.152 e. The molecule has 0 N–H and O–H groups in total. The van der Waals surface area contributed by atoms with Gasteiger partial charge in [0.05, 0.1) is 0 Å². The van der Waals surface area contributed by atoms with E-state index in [-0.39, 0.29) is 0 Å². The van der Waals surface area contributed by atoms with E-state index >= 15 is 0 Å². The first-order chi connectivity index (χ1) is 9.10. The average Bonchev–Trinajstić information content (AvgIpc) is 2.39. The molecule has 19 heavy (non-hydrogen) atoms. The van der Waals surface area contributed by atoms with E-state index in [0.717, 1.165) is 43.1 Å². The van der Waals surface area contributed by atoms with Gasteiger partial charge >= 0.3 is 0 Å². The number of piperidine rings is 1. The minimum Gasteiger partial charge on any atom is -0.371 e. The van der Waals surface area contributed by atoms with Crippen molar-refractivity contribution in [1.29, 1.82) is 0 Å². The Morgan fingerprint density at radius 3 is 2.63 bits per heavy atom. The van der Waals surface area contributed by atoms with Gasteiger partial charge < -0.3 is 9.80 Å². The number of benzene rings is 1. The highest BCUT2D eigenvalue weighted by Crippen LogP contribution is 2.28. The van der Waals surface area contributed by atoms with Crippen LogP contribution in [0.2, 0.25) is 5.02 Å². The molecule has 1 fully saturated rings. The third-order valence-electron chi connectivity index (χ3n) is 3.70. The highest BCUT2D eigenvalue weighted by atomic mass is 35.5. The maximum atomic E-state index is 11.1. The number of nitrogens with zero attached hydrogens (tertiary/aromatic N) is 2. The zero-order chi connectivity index (χ0) is 13.8. The van der Waals surface area contributed by atoms with Crippen LogP contribution in [0.4, 0.5) is 5.69 Å². The van der Waals surface area contributed by atoms with Crippen LogP contribution in [0.15, 0.2) is 18.2 Å². The predicted octanol–water partition coefficient (Wildman–Crippen LogP) is 2.93. The summed E-state index contributed by atoms with van der Waals surface area (Å²) in [6.07, 6.45) is 3.25. The second-order valence-electron chi connectivity index (χ2n) is 5.51. The van der Waals surface area contributed by atoms with Crippen molar-refractivity contribution in [2.24, 2.45) is 5.92 Å². The Morgan fingerprint density at radius 2 is 2.05 bits per heavy atom. The number of hydrogen-bond acceptors (Lipinski definition) is 3. The molecule has 1 aromatic rings. The normalized spacial score (nSPS) is 16.9. The van der Waals surface area contributed by atoms with Gasteiger partial charge in [-0.2, -0.15) is 0 Å². The molecule has 0 amide bonds. The number of carbonyl (C=O) groups excluding carboxylic acids is 1. The number of carbonyl (C=O) groups is 1. The Morgan fingerprint density at radius 1 is 1.37 bits per heavy atom. The molecule has 0 unspecified atom stereocenters. The number of anilines is 1. The van der Waals surface area contributed by atoms with Crippen molar-refractivity contribution in [3.8, 4) is 0 Å². The number of halogens is 1. The largest absolute Gasteiger partial charge is 0.371 e. The lowest BCUT2D eigenvalue weighted by molar-refractivity contribution is 0.112. The number of hydrogen-bond donors (Lipinski definition) is 0. The molecule has 0 bridgehead atoms. The van der Waals surface area contributed by atoms with Crippen LogP contribution < -0.4 is 4.90 Å². The average molecular weight is 281 g/mol. The van der Waals surface area contributed by atoms with E-state index in [9.17, 15) is 4.79 Å². The molecule has 1 aliphatic heterocycles. The van der Waals surface area contributed by atoms with Gasteiger partial charge in [0.25, 0.3) is 0 Å². The van der Waals surface area contributed by atoms with Crippen molar-refractivity contribution in [2.75, 3.05) is 38.6 Å². The van der Waals surface area contributed by atoms with Gasteiger partial charge in [-0.15, -0.1) is 0 Å². The number of rotatable bonds is 4. The first-order valence-electron chi connectivity index (χ1n) is 6.74. The van der Waals surface area contributed by atoms with Crippen molar-refractivity contribution in [3.63, 3.8) is 0 Å². The number of aldehydes is 1. The van der Waals surface area contributed by atoms with Crippen molar-refractivity contribution in [3.05, 3.63) is 28.8 Å². The van der Waals surface area contributed by atoms with Gasteiger partial charge in [-0.1, -0.05) is 11.6 Å². The van der Waals surface area contributed by atoms with Crippen LogP contribution in [0.1, 0.15) is 23.2 Å². The lowest BCUT2D eigenvalue weighted by Gasteiger charge is -2.35. The smallest absolute Gasteiger partial charge is 0.152 e. The Kier molecular flexibility index (Phi) is 4.83. The van der Waals surface area contributed by atoms with Crippen LogP contribution in [-0.4, -0.2) is 44.9 Å². The van der Waals surface area contributed by atoms with Crippen LogP contribution in [0.5, 0.6) is 0 Å². The van der Waals surface area contributed by atoms with Gasteiger partial charge in [0.1, 0.15) is 0 Å². The lowest BCUT2D eigenvalue weighted by atomic mass is 9.95. The fourth-order valence-corrected chi connectivity index (χ4v) is 2.93. The Bertz CT molecular complexity index is 440. The molecule has 1 heterocycles. The SMILES string of the molecule is CN(C)CC1CCN(c2cc(Cl)ccc2C=O)CC1. The fraction of sp³-hybridized carbons (Fsp3) is 0.533. The highest BCUT2D eigenvalue weighted by Gasteiger charge is 2.21. The summed E-state index contributed by atoms with van der Waals surface area (Å²) in [7, 11) is 4.24. The molecule has 0 radical (unpaired) electrons. The minimum absolute atomic E-state index is 0.691. The van der Waals surface area contributed by atoms with Crippen molar-refractivity contribution in [2.45, 2.75) is 12.8 Å². The van der Waals surface area contributed by atoms with Crippen molar-refractivity contribution < 1.29 is 4.79 Å². The zero-order valence-corrected chi connectivity index (χ0v) is 12.4. The molecule has 0 aromatic heterocycles. The quantitative estimate of drug-likeness (QED) is 0.793. The van der Waals surface area contributed by atoms with Crippen LogP contribution in [-0.2, 0) is 0 Å². The van der Waals surface area contributed by atoms with Gasteiger partial charge in [0.15, 0.2) is 6.29 Å². The van der Waals surface area contributed by atoms with E-state index < -0.39 is 0 Å². The summed E-state index contributed by atoms with van der Waals surface area (Å²) in [6.45, 7) is 3.14. The van der Waals surface area contributed by atoms with E-state index in [1.165, 1.54) is 12.8 Å². The second-order valence-corrected chi connectivity index (χ2v) is 5.95. The molecular formula is C15H21ClN2O. The molecule has 0 spiro atoms. The van der Waals surface area contributed by atoms with E-state index in [2.05, 4.69) is 23.9 Å². The second kappa shape index (κ2) is 6.40. The summed E-state index contributed by atoms with van der Waals surface area (Å²) in [5.41, 5.74) is 1.71. The molecule has 0 aliphatic carbocycles. The topological polar surface area (TPSA) is 23.6 Å². The van der Waals surface area contributed by atoms with Gasteiger partial charge in [-0.25, -0.2) is 0 Å². The van der Waals surface area contributed by atoms with E-state index in [0.29, 0.717) is 5.02 Å². The van der Waals surface area contributed by atoms with Crippen LogP contribution in [0.3, 0.4) is 0 Å². The van der Waals surface area contributed by atoms with Gasteiger partial charge in [0, 0.05) is 35.9 Å². The maximum absolute atomic E-state index is 11.1. The summed E-state index contributed by atoms with van der Waals surface area (Å²) in [6, 6.07) is 5.47. The van der Waals surface area contributed by atoms with Crippen molar-refractivity contribution >= 4 is 23.6 Å². The van der Waals surface area contributed by atoms with Gasteiger partial charge in [0.2, 0.25) is 0 Å². The molecule has 104 valence electrons. The molecule has 4 heteroatoms. The molecule has 1 aromatic carbocycles. The van der Waals surface area contributed by atoms with Gasteiger partial charge in [-0.3, -0.25) is 4.79 Å². The third-order valence-corrected chi connectivity index (χ3v) is 3.93. The zero-order valence-electron chi connectivity index (χ0n) is 11.6. The third kappa shape index (κ3) is 3.71. The Hall–Kier alpha value is -1.06. The predicted molar refractivity (Wildman–Crippen MR) is 80.3 cm³/mol. The van der Waals surface area contributed by atoms with Gasteiger partial charge in [-0.05, 0) is 51.1 Å². The summed E-state index contributed by atoms with van der Waals surface area (Å²) < 4.78 is 0. The van der Waals surface area contributed by atoms with Crippen LogP contribution in [0, 0.1) is 5.92 Å². The summed E-state index contributed by atoms with van der Waals surface area (Å²) in [5, 5.41) is 0.691. The minimum atomic E-state index is 0.691. The monoisotopic (exact) mass is 280 g/mol. The lowest BCUT2D eigenvalue weighted by Crippen LogP contribution is -2.37. The van der Waals surface area contributed by atoms with Crippen molar-refractivity contribution in [1.82, 2.24) is 4.90 Å².